The number of carboxylic acids is 1. The first-order chi connectivity index (χ1) is 9.10. The molecule has 1 amide bonds. The van der Waals surface area contributed by atoms with Gasteiger partial charge < -0.3 is 20.1 Å². The van der Waals surface area contributed by atoms with E-state index in [-0.39, 0.29) is 18.7 Å². The van der Waals surface area contributed by atoms with Gasteiger partial charge in [0, 0.05) is 31.1 Å². The van der Waals surface area contributed by atoms with Crippen LogP contribution < -0.4 is 15.3 Å². The van der Waals surface area contributed by atoms with Gasteiger partial charge in [-0.1, -0.05) is 6.92 Å². The Morgan fingerprint density at radius 2 is 2.16 bits per heavy atom. The lowest BCUT2D eigenvalue weighted by Crippen LogP contribution is -3.20. The fourth-order valence-corrected chi connectivity index (χ4v) is 3.67. The summed E-state index contributed by atoms with van der Waals surface area (Å²) in [6.45, 7) is 5.41. The highest BCUT2D eigenvalue weighted by Gasteiger charge is 2.42. The van der Waals surface area contributed by atoms with E-state index in [1.54, 1.807) is 4.90 Å². The zero-order valence-corrected chi connectivity index (χ0v) is 11.6. The molecule has 19 heavy (non-hydrogen) atoms. The molecule has 0 spiro atoms. The Kier molecular flexibility index (Phi) is 4.80. The Balaban J connectivity index is 1.73. The fraction of sp³-hybridized carbons (Fsp3) is 0.857. The van der Waals surface area contributed by atoms with Crippen LogP contribution in [0.1, 0.15) is 39.0 Å². The van der Waals surface area contributed by atoms with Crippen LogP contribution in [0.25, 0.3) is 0 Å². The van der Waals surface area contributed by atoms with E-state index in [4.69, 9.17) is 0 Å². The van der Waals surface area contributed by atoms with Crippen LogP contribution in [0.15, 0.2) is 0 Å². The number of hydrogen-bond acceptors (Lipinski definition) is 3. The predicted octanol–water partition coefficient (Wildman–Crippen LogP) is -1.66. The number of amides is 1. The van der Waals surface area contributed by atoms with E-state index in [1.165, 1.54) is 32.4 Å². The lowest BCUT2D eigenvalue weighted by Gasteiger charge is -2.46. The molecule has 0 aliphatic carbocycles. The summed E-state index contributed by atoms with van der Waals surface area (Å²) in [5.74, 6) is 0.353. The molecule has 3 fully saturated rings. The highest BCUT2D eigenvalue weighted by Crippen LogP contribution is 2.28. The van der Waals surface area contributed by atoms with Crippen molar-refractivity contribution in [2.24, 2.45) is 11.8 Å². The van der Waals surface area contributed by atoms with Gasteiger partial charge >= 0.3 is 0 Å². The van der Waals surface area contributed by atoms with Crippen molar-refractivity contribution in [3.8, 4) is 0 Å². The van der Waals surface area contributed by atoms with Crippen molar-refractivity contribution in [2.75, 3.05) is 19.6 Å². The van der Waals surface area contributed by atoms with Crippen LogP contribution in [0.2, 0.25) is 0 Å². The molecule has 5 heteroatoms. The number of piperidine rings is 3. The van der Waals surface area contributed by atoms with Gasteiger partial charge in [0.1, 0.15) is 6.04 Å². The topological polar surface area (TPSA) is 73.7 Å². The molecule has 3 heterocycles. The summed E-state index contributed by atoms with van der Waals surface area (Å²) in [6, 6.07) is 0.522. The normalized spacial score (nSPS) is 33.1. The summed E-state index contributed by atoms with van der Waals surface area (Å²) < 4.78 is 0. The van der Waals surface area contributed by atoms with E-state index >= 15 is 0 Å². The lowest BCUT2D eigenvalue weighted by molar-refractivity contribution is -0.945. The number of carboxylic acid groups (broad SMARTS) is 1. The molecule has 3 saturated heterocycles. The van der Waals surface area contributed by atoms with Crippen LogP contribution in [-0.2, 0) is 9.59 Å². The number of nitrogens with one attached hydrogen (secondary N) is 2. The molecule has 2 bridgehead atoms. The van der Waals surface area contributed by atoms with Crippen molar-refractivity contribution in [3.63, 3.8) is 0 Å². The largest absolute Gasteiger partial charge is 0.550 e. The third-order valence-corrected chi connectivity index (χ3v) is 4.82. The first kappa shape index (κ1) is 14.3. The van der Waals surface area contributed by atoms with Crippen LogP contribution in [-0.4, -0.2) is 37.6 Å². The number of aliphatic carboxylic acids is 1. The van der Waals surface area contributed by atoms with E-state index < -0.39 is 5.97 Å². The number of carbonyl (C=O) groups excluding carboxylic acids is 2. The van der Waals surface area contributed by atoms with E-state index in [2.05, 4.69) is 12.2 Å². The predicted molar refractivity (Wildman–Crippen MR) is 68.2 cm³/mol. The van der Waals surface area contributed by atoms with Crippen LogP contribution >= 0.6 is 0 Å². The highest BCUT2D eigenvalue weighted by molar-refractivity contribution is 5.79. The van der Waals surface area contributed by atoms with E-state index in [0.717, 1.165) is 11.8 Å². The number of carbonyl (C=O) groups is 2. The van der Waals surface area contributed by atoms with Gasteiger partial charge in [0.05, 0.1) is 19.6 Å². The van der Waals surface area contributed by atoms with Crippen molar-refractivity contribution in [3.05, 3.63) is 0 Å². The number of quaternary nitrogens is 1. The zero-order valence-electron chi connectivity index (χ0n) is 11.6. The Labute approximate surface area is 114 Å². The van der Waals surface area contributed by atoms with Gasteiger partial charge in [-0.2, -0.15) is 0 Å². The van der Waals surface area contributed by atoms with Crippen LogP contribution in [0, 0.1) is 11.8 Å². The van der Waals surface area contributed by atoms with Gasteiger partial charge in [-0.05, 0) is 18.8 Å². The summed E-state index contributed by atoms with van der Waals surface area (Å²) >= 11 is 0. The molecule has 3 aliphatic rings. The summed E-state index contributed by atoms with van der Waals surface area (Å²) in [7, 11) is 0. The average molecular weight is 268 g/mol. The maximum atomic E-state index is 11.5. The van der Waals surface area contributed by atoms with E-state index in [0.29, 0.717) is 12.6 Å². The van der Waals surface area contributed by atoms with Crippen LogP contribution in [0.4, 0.5) is 0 Å². The Hall–Kier alpha value is -1.10. The second kappa shape index (κ2) is 6.37. The second-order valence-electron chi connectivity index (χ2n) is 5.94. The standard InChI is InChI=1S/C14H24N2O3/c1-2-10-9-16-6-5-11(10)7-12(16)8-15-13(17)3-4-14(18)19/h10-12H,2-9H2,1H3,(H,15,17)(H,18,19)/t10-,11+,12+/m0/s1. The van der Waals surface area contributed by atoms with Gasteiger partial charge in [-0.25, -0.2) is 0 Å². The second-order valence-corrected chi connectivity index (χ2v) is 5.94. The molecule has 0 saturated carbocycles. The third-order valence-electron chi connectivity index (χ3n) is 4.82. The summed E-state index contributed by atoms with van der Waals surface area (Å²) in [6.07, 6.45) is 3.63. The lowest BCUT2D eigenvalue weighted by atomic mass is 9.74. The maximum Gasteiger partial charge on any atom is 0.220 e. The minimum atomic E-state index is -1.16. The monoisotopic (exact) mass is 268 g/mol. The SMILES string of the molecule is CC[C@H]1C[NH+]2CC[C@@H]1C[C@@H]2CNC(=O)CCC(=O)[O-]. The molecule has 0 aromatic rings. The molecule has 3 rings (SSSR count). The summed E-state index contributed by atoms with van der Waals surface area (Å²) in [5, 5.41) is 13.2. The van der Waals surface area contributed by atoms with Crippen molar-refractivity contribution in [1.29, 1.82) is 0 Å². The third kappa shape index (κ3) is 3.69. The van der Waals surface area contributed by atoms with E-state index in [1.807, 2.05) is 0 Å². The van der Waals surface area contributed by atoms with Gasteiger partial charge in [0.2, 0.25) is 5.91 Å². The molecule has 5 nitrogen and oxygen atoms in total. The highest BCUT2D eigenvalue weighted by atomic mass is 16.4. The van der Waals surface area contributed by atoms with Gasteiger partial charge in [-0.15, -0.1) is 0 Å². The molecule has 1 unspecified atom stereocenters. The minimum absolute atomic E-state index is 0.0331. The zero-order chi connectivity index (χ0) is 13.8. The minimum Gasteiger partial charge on any atom is -0.550 e. The summed E-state index contributed by atoms with van der Waals surface area (Å²) in [5.41, 5.74) is 0. The Morgan fingerprint density at radius 3 is 2.74 bits per heavy atom. The first-order valence-electron chi connectivity index (χ1n) is 7.41. The summed E-state index contributed by atoms with van der Waals surface area (Å²) in [4.78, 5) is 23.4. The Morgan fingerprint density at radius 1 is 1.37 bits per heavy atom. The van der Waals surface area contributed by atoms with Crippen molar-refractivity contribution in [2.45, 2.75) is 45.1 Å². The van der Waals surface area contributed by atoms with Gasteiger partial charge in [0.15, 0.2) is 0 Å². The molecule has 2 N–H and O–H groups in total. The number of rotatable bonds is 6. The molecule has 108 valence electrons. The molecular formula is C14H24N2O3. The van der Waals surface area contributed by atoms with Crippen LogP contribution in [0.5, 0.6) is 0 Å². The first-order valence-corrected chi connectivity index (χ1v) is 7.41. The fourth-order valence-electron chi connectivity index (χ4n) is 3.67. The van der Waals surface area contributed by atoms with Gasteiger partial charge in [-0.3, -0.25) is 4.79 Å². The number of fused-ring (bicyclic) bond motifs is 3. The molecule has 3 aliphatic heterocycles. The van der Waals surface area contributed by atoms with Crippen LogP contribution in [0.3, 0.4) is 0 Å². The smallest absolute Gasteiger partial charge is 0.220 e. The molecule has 0 radical (unpaired) electrons. The molecule has 4 atom stereocenters. The Bertz CT molecular complexity index is 346. The van der Waals surface area contributed by atoms with Gasteiger partial charge in [0.25, 0.3) is 0 Å². The maximum absolute atomic E-state index is 11.5. The van der Waals surface area contributed by atoms with E-state index in [9.17, 15) is 14.7 Å². The average Bonchev–Trinajstić information content (AvgIpc) is 2.43. The molecule has 0 aromatic heterocycles. The van der Waals surface area contributed by atoms with Crippen molar-refractivity contribution >= 4 is 11.9 Å². The molecule has 0 aromatic carbocycles. The van der Waals surface area contributed by atoms with Crippen molar-refractivity contribution < 1.29 is 19.6 Å². The number of hydrogen-bond donors (Lipinski definition) is 2. The molecular weight excluding hydrogens is 244 g/mol. The quantitative estimate of drug-likeness (QED) is 0.605. The van der Waals surface area contributed by atoms with Crippen molar-refractivity contribution in [1.82, 2.24) is 5.32 Å².